The van der Waals surface area contributed by atoms with E-state index in [1.807, 2.05) is 0 Å². The maximum absolute atomic E-state index is 13.2. The van der Waals surface area contributed by atoms with Crippen LogP contribution < -0.4 is 5.43 Å². The second-order valence-corrected chi connectivity index (χ2v) is 6.72. The van der Waals surface area contributed by atoms with Gasteiger partial charge in [-0.2, -0.15) is 0 Å². The maximum Gasteiger partial charge on any atom is 0.290 e. The van der Waals surface area contributed by atoms with E-state index in [0.717, 1.165) is 0 Å². The average Bonchev–Trinajstić information content (AvgIpc) is 2.95. The van der Waals surface area contributed by atoms with Gasteiger partial charge in [-0.25, -0.2) is 0 Å². The minimum absolute atomic E-state index is 0.0266. The van der Waals surface area contributed by atoms with Gasteiger partial charge in [0.15, 0.2) is 5.43 Å². The molecule has 1 aromatic heterocycles. The molecule has 0 saturated carbocycles. The summed E-state index contributed by atoms with van der Waals surface area (Å²) in [5.41, 5.74) is 0.340. The van der Waals surface area contributed by atoms with Crippen molar-refractivity contribution in [3.05, 3.63) is 84.7 Å². The number of halogens is 1. The van der Waals surface area contributed by atoms with Crippen molar-refractivity contribution in [3.8, 4) is 0 Å². The molecule has 9 heteroatoms. The predicted octanol–water partition coefficient (Wildman–Crippen LogP) is 2.89. The first kappa shape index (κ1) is 18.1. The molecule has 1 N–H and O–H groups in total. The number of non-ortho nitro benzene ring substituents is 1. The summed E-state index contributed by atoms with van der Waals surface area (Å²) in [5, 5.41) is 20.9. The van der Waals surface area contributed by atoms with Gasteiger partial charge in [-0.15, -0.1) is 0 Å². The number of nitrogens with zero attached hydrogens (tertiary/aromatic N) is 2. The van der Waals surface area contributed by atoms with Crippen molar-refractivity contribution in [1.82, 2.24) is 4.90 Å². The van der Waals surface area contributed by atoms with Crippen molar-refractivity contribution >= 4 is 34.2 Å². The zero-order valence-electron chi connectivity index (χ0n) is 14.3. The van der Waals surface area contributed by atoms with Crippen LogP contribution in [0.2, 0.25) is 5.02 Å². The molecule has 0 unspecified atom stereocenters. The van der Waals surface area contributed by atoms with Crippen LogP contribution in [-0.4, -0.2) is 34.0 Å². The molecule has 2 heterocycles. The van der Waals surface area contributed by atoms with Crippen molar-refractivity contribution in [2.75, 3.05) is 13.2 Å². The summed E-state index contributed by atoms with van der Waals surface area (Å²) >= 11 is 5.99. The standard InChI is InChI=1S/C19H13ClN2O6/c20-11-3-6-14-13(9-11)17(24)15-16(10-1-4-12(5-2-10)22(26)27)21(7-8-23)19(25)18(15)28-14/h1-6,9,16,23H,7-8H2/t16-/m0/s1. The van der Waals surface area contributed by atoms with Gasteiger partial charge in [0.05, 0.1) is 28.5 Å². The first-order valence-electron chi connectivity index (χ1n) is 8.35. The molecule has 3 aromatic rings. The number of carbonyl (C=O) groups is 1. The largest absolute Gasteiger partial charge is 0.450 e. The Bertz CT molecular complexity index is 1170. The van der Waals surface area contributed by atoms with Crippen LogP contribution in [-0.2, 0) is 0 Å². The number of aliphatic hydroxyl groups excluding tert-OH is 1. The average molecular weight is 401 g/mol. The highest BCUT2D eigenvalue weighted by Crippen LogP contribution is 2.38. The lowest BCUT2D eigenvalue weighted by molar-refractivity contribution is -0.384. The molecule has 0 spiro atoms. The SMILES string of the molecule is O=C1c2oc3ccc(Cl)cc3c(=O)c2[C@H](c2ccc([N+](=O)[O-])cc2)N1CCO. The molecular formula is C19H13ClN2O6. The molecule has 0 bridgehead atoms. The van der Waals surface area contributed by atoms with E-state index in [1.54, 1.807) is 6.07 Å². The van der Waals surface area contributed by atoms with Gasteiger partial charge in [0.2, 0.25) is 5.76 Å². The Labute approximate surface area is 162 Å². The molecule has 0 fully saturated rings. The Kier molecular flexibility index (Phi) is 4.37. The monoisotopic (exact) mass is 400 g/mol. The highest BCUT2D eigenvalue weighted by Gasteiger charge is 2.42. The molecule has 0 radical (unpaired) electrons. The summed E-state index contributed by atoms with van der Waals surface area (Å²) < 4.78 is 5.70. The lowest BCUT2D eigenvalue weighted by Gasteiger charge is -2.24. The number of hydrogen-bond donors (Lipinski definition) is 1. The lowest BCUT2D eigenvalue weighted by atomic mass is 9.98. The molecular weight excluding hydrogens is 388 g/mol. The highest BCUT2D eigenvalue weighted by molar-refractivity contribution is 6.31. The van der Waals surface area contributed by atoms with Crippen LogP contribution in [0, 0.1) is 10.1 Å². The van der Waals surface area contributed by atoms with E-state index in [1.165, 1.54) is 41.3 Å². The lowest BCUT2D eigenvalue weighted by Crippen LogP contribution is -2.32. The van der Waals surface area contributed by atoms with Crippen molar-refractivity contribution in [1.29, 1.82) is 0 Å². The summed E-state index contributed by atoms with van der Waals surface area (Å²) in [7, 11) is 0. The van der Waals surface area contributed by atoms with Crippen LogP contribution in [0.1, 0.15) is 27.7 Å². The van der Waals surface area contributed by atoms with Crippen molar-refractivity contribution in [2.24, 2.45) is 0 Å². The van der Waals surface area contributed by atoms with Crippen LogP contribution >= 0.6 is 11.6 Å². The Hall–Kier alpha value is -3.23. The quantitative estimate of drug-likeness (QED) is 0.532. The van der Waals surface area contributed by atoms with E-state index in [9.17, 15) is 24.8 Å². The predicted molar refractivity (Wildman–Crippen MR) is 101 cm³/mol. The number of nitro benzene ring substituents is 1. The van der Waals surface area contributed by atoms with Crippen LogP contribution in [0.25, 0.3) is 11.0 Å². The van der Waals surface area contributed by atoms with Gasteiger partial charge in [0, 0.05) is 23.7 Å². The maximum atomic E-state index is 13.2. The molecule has 1 aliphatic rings. The number of nitro groups is 1. The number of carbonyl (C=O) groups excluding carboxylic acids is 1. The molecule has 0 saturated heterocycles. The highest BCUT2D eigenvalue weighted by atomic mass is 35.5. The zero-order valence-corrected chi connectivity index (χ0v) is 15.0. The molecule has 4 rings (SSSR count). The number of fused-ring (bicyclic) bond motifs is 2. The van der Waals surface area contributed by atoms with Gasteiger partial charge in [0.25, 0.3) is 11.6 Å². The molecule has 1 atom stereocenters. The number of amides is 1. The molecule has 8 nitrogen and oxygen atoms in total. The Morgan fingerprint density at radius 1 is 1.18 bits per heavy atom. The summed E-state index contributed by atoms with van der Waals surface area (Å²) in [6.45, 7) is -0.343. The van der Waals surface area contributed by atoms with E-state index in [-0.39, 0.29) is 41.1 Å². The smallest absolute Gasteiger partial charge is 0.290 e. The number of aliphatic hydroxyl groups is 1. The van der Waals surface area contributed by atoms with Crippen molar-refractivity contribution < 1.29 is 19.2 Å². The van der Waals surface area contributed by atoms with E-state index < -0.39 is 22.3 Å². The third-order valence-corrected chi connectivity index (χ3v) is 4.92. The van der Waals surface area contributed by atoms with Crippen LogP contribution in [0.4, 0.5) is 5.69 Å². The third kappa shape index (κ3) is 2.74. The molecule has 28 heavy (non-hydrogen) atoms. The Morgan fingerprint density at radius 2 is 1.89 bits per heavy atom. The van der Waals surface area contributed by atoms with Crippen LogP contribution in [0.15, 0.2) is 51.7 Å². The molecule has 2 aromatic carbocycles. The van der Waals surface area contributed by atoms with Gasteiger partial charge < -0.3 is 14.4 Å². The normalized spacial score (nSPS) is 15.9. The van der Waals surface area contributed by atoms with E-state index in [4.69, 9.17) is 16.0 Å². The summed E-state index contributed by atoms with van der Waals surface area (Å²) in [5.74, 6) is -0.627. The molecule has 1 aliphatic heterocycles. The zero-order chi connectivity index (χ0) is 20.0. The fourth-order valence-corrected chi connectivity index (χ4v) is 3.63. The summed E-state index contributed by atoms with van der Waals surface area (Å²) in [6.07, 6.45) is 0. The summed E-state index contributed by atoms with van der Waals surface area (Å²) in [4.78, 5) is 37.7. The van der Waals surface area contributed by atoms with Crippen LogP contribution in [0.3, 0.4) is 0 Å². The number of rotatable bonds is 4. The first-order chi connectivity index (χ1) is 13.4. The number of β-amino-alcohol motifs (C(OH)–C–C–N with tert-alkyl or cyclic N) is 1. The first-order valence-corrected chi connectivity index (χ1v) is 8.72. The fourth-order valence-electron chi connectivity index (χ4n) is 3.46. The number of hydrogen-bond acceptors (Lipinski definition) is 6. The van der Waals surface area contributed by atoms with Gasteiger partial charge in [-0.1, -0.05) is 11.6 Å². The Balaban J connectivity index is 1.96. The van der Waals surface area contributed by atoms with Crippen molar-refractivity contribution in [2.45, 2.75) is 6.04 Å². The van der Waals surface area contributed by atoms with E-state index in [2.05, 4.69) is 0 Å². The second-order valence-electron chi connectivity index (χ2n) is 6.29. The molecule has 1 amide bonds. The van der Waals surface area contributed by atoms with Gasteiger partial charge in [-0.3, -0.25) is 19.7 Å². The van der Waals surface area contributed by atoms with E-state index in [0.29, 0.717) is 10.6 Å². The van der Waals surface area contributed by atoms with E-state index >= 15 is 0 Å². The topological polar surface area (TPSA) is 114 Å². The van der Waals surface area contributed by atoms with Gasteiger partial charge in [0.1, 0.15) is 5.58 Å². The van der Waals surface area contributed by atoms with Gasteiger partial charge >= 0.3 is 0 Å². The Morgan fingerprint density at radius 3 is 2.54 bits per heavy atom. The van der Waals surface area contributed by atoms with Crippen LogP contribution in [0.5, 0.6) is 0 Å². The number of benzene rings is 2. The van der Waals surface area contributed by atoms with Crippen molar-refractivity contribution in [3.63, 3.8) is 0 Å². The minimum Gasteiger partial charge on any atom is -0.450 e. The van der Waals surface area contributed by atoms with Gasteiger partial charge in [-0.05, 0) is 35.9 Å². The molecule has 0 aliphatic carbocycles. The minimum atomic E-state index is -0.824. The fraction of sp³-hybridized carbons (Fsp3) is 0.158. The second kappa shape index (κ2) is 6.74. The summed E-state index contributed by atoms with van der Waals surface area (Å²) in [6, 6.07) is 9.28. The molecule has 142 valence electrons. The third-order valence-electron chi connectivity index (χ3n) is 4.69.